The van der Waals surface area contributed by atoms with E-state index in [1.165, 1.54) is 6.07 Å². The fourth-order valence-electron chi connectivity index (χ4n) is 2.17. The highest BCUT2D eigenvalue weighted by atomic mass is 16.3. The first-order valence-corrected chi connectivity index (χ1v) is 8.74. The molecular weight excluding hydrogens is 362 g/mol. The van der Waals surface area contributed by atoms with Crippen LogP contribution in [0.1, 0.15) is 13.8 Å². The van der Waals surface area contributed by atoms with Crippen LogP contribution in [0.2, 0.25) is 0 Å². The molecule has 2 aromatic carbocycles. The molecule has 0 saturated carbocycles. The molecule has 0 spiro atoms. The number of carbonyl (C=O) groups excluding carboxylic acids is 2. The number of anilines is 2. The number of nitrogens with two attached hydrogens (primary N) is 1. The van der Waals surface area contributed by atoms with E-state index in [0.717, 1.165) is 0 Å². The molecule has 0 amide bonds. The number of carbonyl (C=O) groups is 2. The van der Waals surface area contributed by atoms with Crippen LogP contribution in [0.5, 0.6) is 11.5 Å². The maximum absolute atomic E-state index is 11.2. The summed E-state index contributed by atoms with van der Waals surface area (Å²) >= 11 is 0. The van der Waals surface area contributed by atoms with E-state index >= 15 is 0 Å². The summed E-state index contributed by atoms with van der Waals surface area (Å²) in [6, 6.07) is 12.3. The van der Waals surface area contributed by atoms with Gasteiger partial charge in [0.2, 0.25) is 0 Å². The summed E-state index contributed by atoms with van der Waals surface area (Å²) in [4.78, 5) is 22.2. The molecule has 0 aliphatic heterocycles. The third kappa shape index (κ3) is 8.07. The van der Waals surface area contributed by atoms with Crippen molar-refractivity contribution in [2.75, 3.05) is 23.8 Å². The smallest absolute Gasteiger partial charge is 0.179 e. The van der Waals surface area contributed by atoms with Gasteiger partial charge in [0.1, 0.15) is 18.1 Å². The summed E-state index contributed by atoms with van der Waals surface area (Å²) in [5, 5.41) is 32.7. The van der Waals surface area contributed by atoms with Crippen molar-refractivity contribution < 1.29 is 24.9 Å². The lowest BCUT2D eigenvalue weighted by Crippen LogP contribution is -2.31. The predicted molar refractivity (Wildman–Crippen MR) is 109 cm³/mol. The summed E-state index contributed by atoms with van der Waals surface area (Å²) < 4.78 is 0. The molecule has 0 heterocycles. The second-order valence-corrected chi connectivity index (χ2v) is 6.13. The quantitative estimate of drug-likeness (QED) is 0.398. The molecule has 28 heavy (non-hydrogen) atoms. The maximum atomic E-state index is 11.2. The zero-order valence-electron chi connectivity index (χ0n) is 15.9. The fourth-order valence-corrected chi connectivity index (χ4v) is 2.17. The Morgan fingerprint density at radius 3 is 1.68 bits per heavy atom. The van der Waals surface area contributed by atoms with Crippen molar-refractivity contribution in [3.8, 4) is 11.5 Å². The van der Waals surface area contributed by atoms with Crippen LogP contribution >= 0.6 is 0 Å². The molecule has 0 bridgehead atoms. The molecule has 8 heteroatoms. The zero-order valence-corrected chi connectivity index (χ0v) is 15.9. The van der Waals surface area contributed by atoms with Crippen molar-refractivity contribution in [2.45, 2.75) is 25.9 Å². The van der Waals surface area contributed by atoms with Gasteiger partial charge in [0.25, 0.3) is 0 Å². The molecule has 2 aromatic rings. The first kappa shape index (κ1) is 22.9. The van der Waals surface area contributed by atoms with Crippen molar-refractivity contribution in [3.63, 3.8) is 0 Å². The van der Waals surface area contributed by atoms with Crippen molar-refractivity contribution in [2.24, 2.45) is 5.73 Å². The summed E-state index contributed by atoms with van der Waals surface area (Å²) in [6.07, 6.45) is 0. The van der Waals surface area contributed by atoms with Gasteiger partial charge in [-0.3, -0.25) is 9.59 Å². The highest BCUT2D eigenvalue weighted by molar-refractivity contribution is 5.88. The summed E-state index contributed by atoms with van der Waals surface area (Å²) in [5.74, 6) is -0.0391. The van der Waals surface area contributed by atoms with Gasteiger partial charge in [0.15, 0.2) is 11.6 Å². The van der Waals surface area contributed by atoms with E-state index in [1.807, 2.05) is 0 Å². The van der Waals surface area contributed by atoms with Crippen LogP contribution in [0.25, 0.3) is 0 Å². The lowest BCUT2D eigenvalue weighted by atomic mass is 10.2. The van der Waals surface area contributed by atoms with Crippen LogP contribution in [0, 0.1) is 0 Å². The topological polar surface area (TPSA) is 145 Å². The molecule has 0 unspecified atom stereocenters. The minimum atomic E-state index is -0.479. The van der Waals surface area contributed by atoms with Crippen LogP contribution in [0.3, 0.4) is 0 Å². The highest BCUT2D eigenvalue weighted by Crippen LogP contribution is 2.17. The van der Waals surface area contributed by atoms with Gasteiger partial charge >= 0.3 is 0 Å². The van der Waals surface area contributed by atoms with Crippen molar-refractivity contribution in [1.82, 2.24) is 0 Å². The van der Waals surface area contributed by atoms with Crippen LogP contribution < -0.4 is 16.4 Å². The lowest BCUT2D eigenvalue weighted by molar-refractivity contribution is -0.122. The predicted octanol–water partition coefficient (Wildman–Crippen LogP) is 1.47. The first-order valence-electron chi connectivity index (χ1n) is 8.74. The molecule has 0 aliphatic carbocycles. The minimum Gasteiger partial charge on any atom is -0.508 e. The Hall–Kier alpha value is -3.10. The second-order valence-electron chi connectivity index (χ2n) is 6.13. The number of hydrogen-bond donors (Lipinski definition) is 6. The Kier molecular flexibility index (Phi) is 9.49. The standard InChI is InChI=1S/C10H14N2O2.C10H13NO3/c1-7(10(14)6-11)12-8-3-2-4-9(13)5-8;1-7(10(14)6-12)11-8-3-2-4-9(13)5-8/h2-5,7,12-13H,6,11H2,1H3;2-5,7,11-13H,6H2,1H3/t2*7-/m11/s1. The second kappa shape index (κ2) is 11.6. The number of phenols is 2. The molecule has 0 aromatic heterocycles. The summed E-state index contributed by atoms with van der Waals surface area (Å²) in [5.41, 5.74) is 6.58. The normalized spacial score (nSPS) is 12.1. The Morgan fingerprint density at radius 2 is 1.32 bits per heavy atom. The number of rotatable bonds is 8. The summed E-state index contributed by atoms with van der Waals surface area (Å²) in [7, 11) is 0. The Balaban J connectivity index is 0.000000280. The van der Waals surface area contributed by atoms with Crippen LogP contribution in [0.15, 0.2) is 48.5 Å². The number of ketones is 2. The SMILES string of the molecule is C[C@@H](Nc1cccc(O)c1)C(=O)CN.C[C@@H](Nc1cccc(O)c1)C(=O)CO. The van der Waals surface area contributed by atoms with E-state index in [-0.39, 0.29) is 35.7 Å². The number of benzene rings is 2. The van der Waals surface area contributed by atoms with E-state index in [2.05, 4.69) is 10.6 Å². The van der Waals surface area contributed by atoms with Crippen LogP contribution in [-0.2, 0) is 9.59 Å². The molecule has 8 nitrogen and oxygen atoms in total. The average molecular weight is 389 g/mol. The molecule has 0 fully saturated rings. The third-order valence-corrected chi connectivity index (χ3v) is 3.78. The first-order chi connectivity index (χ1) is 13.3. The van der Waals surface area contributed by atoms with Crippen molar-refractivity contribution in [3.05, 3.63) is 48.5 Å². The van der Waals surface area contributed by atoms with Gasteiger partial charge in [-0.05, 0) is 38.1 Å². The molecule has 7 N–H and O–H groups in total. The van der Waals surface area contributed by atoms with Gasteiger partial charge in [-0.2, -0.15) is 0 Å². The number of aromatic hydroxyl groups is 2. The molecule has 0 saturated heterocycles. The number of aliphatic hydroxyl groups is 1. The minimum absolute atomic E-state index is 0.0208. The number of nitrogens with one attached hydrogen (secondary N) is 2. The average Bonchev–Trinajstić information content (AvgIpc) is 2.67. The van der Waals surface area contributed by atoms with Crippen molar-refractivity contribution >= 4 is 22.9 Å². The van der Waals surface area contributed by atoms with E-state index in [9.17, 15) is 14.7 Å². The van der Waals surface area contributed by atoms with Gasteiger partial charge in [0.05, 0.1) is 18.6 Å². The van der Waals surface area contributed by atoms with Gasteiger partial charge in [-0.25, -0.2) is 0 Å². The van der Waals surface area contributed by atoms with Crippen molar-refractivity contribution in [1.29, 1.82) is 0 Å². The number of Topliss-reactive ketones (excluding diaryl/α,β-unsaturated/α-hetero) is 2. The number of hydrogen-bond acceptors (Lipinski definition) is 8. The zero-order chi connectivity index (χ0) is 21.1. The summed E-state index contributed by atoms with van der Waals surface area (Å²) in [6.45, 7) is 2.93. The van der Waals surface area contributed by atoms with Gasteiger partial charge in [-0.1, -0.05) is 12.1 Å². The Morgan fingerprint density at radius 1 is 0.893 bits per heavy atom. The van der Waals surface area contributed by atoms with E-state index < -0.39 is 12.6 Å². The molecular formula is C20H27N3O5. The van der Waals surface area contributed by atoms with Gasteiger partial charge in [-0.15, -0.1) is 0 Å². The van der Waals surface area contributed by atoms with E-state index in [4.69, 9.17) is 15.9 Å². The van der Waals surface area contributed by atoms with E-state index in [1.54, 1.807) is 56.3 Å². The van der Waals surface area contributed by atoms with E-state index in [0.29, 0.717) is 11.4 Å². The molecule has 0 radical (unpaired) electrons. The Bertz CT molecular complexity index is 716. The number of aliphatic hydroxyl groups excluding tert-OH is 1. The largest absolute Gasteiger partial charge is 0.508 e. The molecule has 152 valence electrons. The molecule has 0 aliphatic rings. The highest BCUT2D eigenvalue weighted by Gasteiger charge is 2.11. The molecule has 2 rings (SSSR count). The van der Waals surface area contributed by atoms with Gasteiger partial charge < -0.3 is 31.7 Å². The lowest BCUT2D eigenvalue weighted by Gasteiger charge is -2.12. The Labute approximate surface area is 164 Å². The third-order valence-electron chi connectivity index (χ3n) is 3.78. The monoisotopic (exact) mass is 389 g/mol. The van der Waals surface area contributed by atoms with Crippen LogP contribution in [-0.4, -0.2) is 52.1 Å². The van der Waals surface area contributed by atoms with Gasteiger partial charge in [0, 0.05) is 23.5 Å². The fraction of sp³-hybridized carbons (Fsp3) is 0.300. The number of phenolic OH excluding ortho intramolecular Hbond substituents is 2. The maximum Gasteiger partial charge on any atom is 0.179 e. The van der Waals surface area contributed by atoms with Crippen LogP contribution in [0.4, 0.5) is 11.4 Å². The molecule has 2 atom stereocenters.